The number of fused-ring (bicyclic) bond motifs is 15. The van der Waals surface area contributed by atoms with Crippen molar-refractivity contribution in [3.05, 3.63) is 336 Å². The van der Waals surface area contributed by atoms with Crippen molar-refractivity contribution in [3.8, 4) is 33.4 Å². The van der Waals surface area contributed by atoms with Gasteiger partial charge < -0.3 is 9.80 Å². The molecule has 0 saturated heterocycles. The van der Waals surface area contributed by atoms with E-state index in [1.54, 1.807) is 0 Å². The van der Waals surface area contributed by atoms with E-state index in [1.807, 2.05) is 0 Å². The number of nitrogens with zero attached hydrogens (tertiary/aromatic N) is 2. The fourth-order valence-corrected chi connectivity index (χ4v) is 13.5. The van der Waals surface area contributed by atoms with E-state index in [4.69, 9.17) is 0 Å². The van der Waals surface area contributed by atoms with Gasteiger partial charge in [0.15, 0.2) is 0 Å². The maximum absolute atomic E-state index is 2.57. The van der Waals surface area contributed by atoms with Crippen LogP contribution in [0.25, 0.3) is 44.2 Å². The van der Waals surface area contributed by atoms with Gasteiger partial charge in [-0.25, -0.2) is 0 Å². The molecule has 3 aliphatic carbocycles. The summed E-state index contributed by atoms with van der Waals surface area (Å²) in [5.41, 5.74) is 23.3. The van der Waals surface area contributed by atoms with Gasteiger partial charge in [0.2, 0.25) is 0 Å². The van der Waals surface area contributed by atoms with Crippen LogP contribution in [0.5, 0.6) is 0 Å². The van der Waals surface area contributed by atoms with Crippen molar-refractivity contribution in [1.82, 2.24) is 0 Å². The van der Waals surface area contributed by atoms with Gasteiger partial charge in [0.25, 0.3) is 0 Å². The predicted molar refractivity (Wildman–Crippen MR) is 307 cm³/mol. The lowest BCUT2D eigenvalue weighted by Gasteiger charge is -2.37. The van der Waals surface area contributed by atoms with Crippen molar-refractivity contribution in [2.24, 2.45) is 0 Å². The Hall–Kier alpha value is -9.50. The summed E-state index contributed by atoms with van der Waals surface area (Å²) in [5, 5.41) is 2.45. The van der Waals surface area contributed by atoms with E-state index < -0.39 is 10.8 Å². The molecule has 0 N–H and O–H groups in total. The molecular weight excluding hydrogens is 893 g/mol. The third-order valence-corrected chi connectivity index (χ3v) is 16.3. The molecule has 2 heteroatoms. The van der Waals surface area contributed by atoms with Crippen molar-refractivity contribution >= 4 is 44.9 Å². The normalized spacial score (nSPS) is 14.9. The third kappa shape index (κ3) is 5.88. The van der Waals surface area contributed by atoms with Gasteiger partial charge in [-0.05, 0) is 150 Å². The van der Waals surface area contributed by atoms with E-state index in [0.717, 1.165) is 34.1 Å². The van der Waals surface area contributed by atoms with Gasteiger partial charge in [-0.3, -0.25) is 0 Å². The largest absolute Gasteiger partial charge is 0.310 e. The Morgan fingerprint density at radius 1 is 0.243 bits per heavy atom. The zero-order valence-electron chi connectivity index (χ0n) is 40.6. The standard InChI is InChI=1S/C72H48N2/c1-6-25-50(26-7-1)71(51-27-8-2-9-28-51)63-39-21-18-36-58(63)60-44-42-56(48-67(60)71)74(54-33-14-5-15-34-54)68-46-49-24-16-17-35-57(49)69-61-38-20-23-41-65(61)72(70(68)69)64-40-22-19-37-59(64)62-47-55(43-45-66(62)72)73(52-29-10-3-11-30-52)53-31-12-4-13-32-53/h1-48H. The van der Waals surface area contributed by atoms with E-state index >= 15 is 0 Å². The van der Waals surface area contributed by atoms with Crippen LogP contribution in [-0.4, -0.2) is 0 Å². The topological polar surface area (TPSA) is 6.48 Å². The van der Waals surface area contributed by atoms with E-state index in [0.29, 0.717) is 0 Å². The smallest absolute Gasteiger partial charge is 0.0746 e. The van der Waals surface area contributed by atoms with Crippen molar-refractivity contribution in [3.63, 3.8) is 0 Å². The molecule has 0 saturated carbocycles. The lowest BCUT2D eigenvalue weighted by atomic mass is 9.67. The zero-order chi connectivity index (χ0) is 48.8. The summed E-state index contributed by atoms with van der Waals surface area (Å²) in [6.07, 6.45) is 0. The molecule has 0 fully saturated rings. The van der Waals surface area contributed by atoms with Crippen LogP contribution in [-0.2, 0) is 10.8 Å². The summed E-state index contributed by atoms with van der Waals surface area (Å²) in [4.78, 5) is 4.96. The van der Waals surface area contributed by atoms with Gasteiger partial charge in [0.05, 0.1) is 16.5 Å². The average Bonchev–Trinajstić information content (AvgIpc) is 4.07. The molecule has 0 bridgehead atoms. The molecular formula is C72H48N2. The predicted octanol–water partition coefficient (Wildman–Crippen LogP) is 18.5. The van der Waals surface area contributed by atoms with Crippen LogP contribution in [0.4, 0.5) is 34.1 Å². The lowest BCUT2D eigenvalue weighted by Crippen LogP contribution is -2.29. The summed E-state index contributed by atoms with van der Waals surface area (Å²) < 4.78 is 0. The third-order valence-electron chi connectivity index (χ3n) is 16.3. The van der Waals surface area contributed by atoms with Gasteiger partial charge in [-0.1, -0.05) is 224 Å². The maximum Gasteiger partial charge on any atom is 0.0746 e. The molecule has 0 amide bonds. The number of rotatable bonds is 8. The number of anilines is 6. The van der Waals surface area contributed by atoms with Crippen LogP contribution in [0, 0.1) is 0 Å². The molecule has 1 unspecified atom stereocenters. The highest BCUT2D eigenvalue weighted by atomic mass is 15.2. The summed E-state index contributed by atoms with van der Waals surface area (Å²) in [6, 6.07) is 108. The molecule has 2 nitrogen and oxygen atoms in total. The van der Waals surface area contributed by atoms with E-state index in [2.05, 4.69) is 301 Å². The Morgan fingerprint density at radius 2 is 0.662 bits per heavy atom. The van der Waals surface area contributed by atoms with Crippen molar-refractivity contribution in [1.29, 1.82) is 0 Å². The van der Waals surface area contributed by atoms with Crippen LogP contribution in [0.1, 0.15) is 44.5 Å². The SMILES string of the molecule is c1ccc(N(c2ccccc2)c2ccc3c(c2)-c2ccccc2C32c3ccccc3-c3c2c(N(c2ccccc2)c2ccc4c(c2)C(c2ccccc2)(c2ccccc2)c2ccccc2-4)cc2ccccc32)cc1. The maximum atomic E-state index is 2.57. The van der Waals surface area contributed by atoms with Crippen molar-refractivity contribution in [2.75, 3.05) is 9.80 Å². The minimum Gasteiger partial charge on any atom is -0.310 e. The Kier molecular flexibility index (Phi) is 9.43. The van der Waals surface area contributed by atoms with Crippen LogP contribution < -0.4 is 9.80 Å². The fourth-order valence-electron chi connectivity index (χ4n) is 13.5. The van der Waals surface area contributed by atoms with Gasteiger partial charge in [0.1, 0.15) is 0 Å². The molecule has 0 radical (unpaired) electrons. The first kappa shape index (κ1) is 42.2. The van der Waals surface area contributed by atoms with Gasteiger partial charge in [-0.2, -0.15) is 0 Å². The average molecular weight is 941 g/mol. The summed E-state index contributed by atoms with van der Waals surface area (Å²) >= 11 is 0. The minimum atomic E-state index is -0.669. The first-order valence-corrected chi connectivity index (χ1v) is 25.8. The summed E-state index contributed by atoms with van der Waals surface area (Å²) in [5.74, 6) is 0. The molecule has 74 heavy (non-hydrogen) atoms. The van der Waals surface area contributed by atoms with E-state index in [1.165, 1.54) is 88.7 Å². The molecule has 0 aromatic heterocycles. The molecule has 15 rings (SSSR count). The highest BCUT2D eigenvalue weighted by Crippen LogP contribution is 2.67. The Labute approximate surface area is 432 Å². The fraction of sp³-hybridized carbons (Fsp3) is 0.0278. The molecule has 1 spiro atoms. The number of hydrogen-bond donors (Lipinski definition) is 0. The minimum absolute atomic E-state index is 0.565. The van der Waals surface area contributed by atoms with Crippen LogP contribution in [0.3, 0.4) is 0 Å². The van der Waals surface area contributed by atoms with Crippen LogP contribution in [0.15, 0.2) is 291 Å². The molecule has 0 aliphatic heterocycles. The Balaban J connectivity index is 1.04. The Morgan fingerprint density at radius 3 is 1.27 bits per heavy atom. The number of benzene rings is 12. The zero-order valence-corrected chi connectivity index (χ0v) is 40.6. The quantitative estimate of drug-likeness (QED) is 0.150. The van der Waals surface area contributed by atoms with Crippen LogP contribution in [0.2, 0.25) is 0 Å². The monoisotopic (exact) mass is 940 g/mol. The van der Waals surface area contributed by atoms with Crippen molar-refractivity contribution < 1.29 is 0 Å². The molecule has 12 aromatic rings. The number of para-hydroxylation sites is 3. The highest BCUT2D eigenvalue weighted by Gasteiger charge is 2.54. The molecule has 346 valence electrons. The Bertz CT molecular complexity index is 4050. The molecule has 0 heterocycles. The van der Waals surface area contributed by atoms with Crippen LogP contribution >= 0.6 is 0 Å². The molecule has 1 atom stereocenters. The van der Waals surface area contributed by atoms with Gasteiger partial charge in [0, 0.05) is 34.0 Å². The second-order valence-corrected chi connectivity index (χ2v) is 19.9. The van der Waals surface area contributed by atoms with Gasteiger partial charge >= 0.3 is 0 Å². The van der Waals surface area contributed by atoms with E-state index in [-0.39, 0.29) is 0 Å². The summed E-state index contributed by atoms with van der Waals surface area (Å²) in [7, 11) is 0. The van der Waals surface area contributed by atoms with Gasteiger partial charge in [-0.15, -0.1) is 0 Å². The second-order valence-electron chi connectivity index (χ2n) is 19.9. The first-order valence-electron chi connectivity index (χ1n) is 25.8. The second kappa shape index (κ2) is 16.5. The molecule has 3 aliphatic rings. The first-order chi connectivity index (χ1) is 36.7. The van der Waals surface area contributed by atoms with Crippen molar-refractivity contribution in [2.45, 2.75) is 10.8 Å². The molecule has 12 aromatic carbocycles. The number of hydrogen-bond acceptors (Lipinski definition) is 2. The van der Waals surface area contributed by atoms with E-state index in [9.17, 15) is 0 Å². The summed E-state index contributed by atoms with van der Waals surface area (Å²) in [6.45, 7) is 0. The highest BCUT2D eigenvalue weighted by molar-refractivity contribution is 6.11. The lowest BCUT2D eigenvalue weighted by molar-refractivity contribution is 0.768.